The lowest BCUT2D eigenvalue weighted by Gasteiger charge is -2.01. The molecule has 0 spiro atoms. The van der Waals surface area contributed by atoms with Crippen molar-refractivity contribution < 1.29 is 9.45 Å². The molecule has 3 aromatic rings. The second kappa shape index (κ2) is 5.02. The van der Waals surface area contributed by atoms with Crippen LogP contribution in [0.15, 0.2) is 40.9 Å². The molecule has 1 aromatic carbocycles. The van der Waals surface area contributed by atoms with Crippen molar-refractivity contribution in [3.05, 3.63) is 52.1 Å². The number of rotatable bonds is 3. The number of thiophene rings is 1. The molecule has 0 aliphatic heterocycles. The van der Waals surface area contributed by atoms with Gasteiger partial charge < -0.3 is 10.3 Å². The number of hydrogen-bond donors (Lipinski definition) is 1. The average molecular weight is 301 g/mol. The molecular weight excluding hydrogens is 290 g/mol. The van der Waals surface area contributed by atoms with Crippen LogP contribution in [0.25, 0.3) is 21.8 Å². The van der Waals surface area contributed by atoms with Gasteiger partial charge >= 0.3 is 5.00 Å². The number of nitrogen functional groups attached to an aromatic ring is 1. The van der Waals surface area contributed by atoms with E-state index < -0.39 is 4.92 Å². The minimum atomic E-state index is -0.431. The molecule has 0 amide bonds. The van der Waals surface area contributed by atoms with Crippen LogP contribution in [0.3, 0.4) is 0 Å². The van der Waals surface area contributed by atoms with Gasteiger partial charge in [0.25, 0.3) is 0 Å². The highest BCUT2D eigenvalue weighted by atomic mass is 32.1. The summed E-state index contributed by atoms with van der Waals surface area (Å²) in [5.74, 6) is 0.722. The minimum absolute atomic E-state index is 0.0508. The Kier molecular flexibility index (Phi) is 3.19. The van der Waals surface area contributed by atoms with Crippen LogP contribution in [0.1, 0.15) is 5.56 Å². The summed E-state index contributed by atoms with van der Waals surface area (Å²) in [7, 11) is 0. The van der Waals surface area contributed by atoms with Gasteiger partial charge in [-0.1, -0.05) is 46.3 Å². The molecule has 106 valence electrons. The Morgan fingerprint density at radius 1 is 1.24 bits per heavy atom. The zero-order valence-corrected chi connectivity index (χ0v) is 11.9. The van der Waals surface area contributed by atoms with Crippen molar-refractivity contribution >= 4 is 22.2 Å². The van der Waals surface area contributed by atoms with E-state index in [-0.39, 0.29) is 10.8 Å². The van der Waals surface area contributed by atoms with Gasteiger partial charge in [0.15, 0.2) is 11.6 Å². The van der Waals surface area contributed by atoms with Crippen LogP contribution in [0.4, 0.5) is 10.8 Å². The SMILES string of the molecule is Cc1ccc(-c2c(N)noc2-c2ccc([N+](=O)[O-])s2)cc1. The van der Waals surface area contributed by atoms with Crippen molar-refractivity contribution in [3.63, 3.8) is 0 Å². The summed E-state index contributed by atoms with van der Waals surface area (Å²) in [6.45, 7) is 1.99. The molecule has 0 bridgehead atoms. The fourth-order valence-corrected chi connectivity index (χ4v) is 2.82. The highest BCUT2D eigenvalue weighted by molar-refractivity contribution is 7.18. The molecule has 3 rings (SSSR count). The van der Waals surface area contributed by atoms with E-state index >= 15 is 0 Å². The molecule has 0 saturated carbocycles. The summed E-state index contributed by atoms with van der Waals surface area (Å²) in [6, 6.07) is 10.8. The molecule has 2 aromatic heterocycles. The fraction of sp³-hybridized carbons (Fsp3) is 0.0714. The first-order valence-corrected chi connectivity index (χ1v) is 6.94. The van der Waals surface area contributed by atoms with E-state index in [9.17, 15) is 10.1 Å². The summed E-state index contributed by atoms with van der Waals surface area (Å²) in [5, 5.41) is 14.6. The maximum absolute atomic E-state index is 10.8. The third-order valence-electron chi connectivity index (χ3n) is 3.05. The predicted molar refractivity (Wildman–Crippen MR) is 81.1 cm³/mol. The number of hydrogen-bond acceptors (Lipinski definition) is 6. The Morgan fingerprint density at radius 2 is 1.95 bits per heavy atom. The van der Waals surface area contributed by atoms with Crippen molar-refractivity contribution in [2.45, 2.75) is 6.92 Å². The van der Waals surface area contributed by atoms with Crippen LogP contribution < -0.4 is 5.73 Å². The minimum Gasteiger partial charge on any atom is -0.380 e. The van der Waals surface area contributed by atoms with Gasteiger partial charge in [-0.05, 0) is 18.6 Å². The van der Waals surface area contributed by atoms with Crippen molar-refractivity contribution in [1.29, 1.82) is 0 Å². The summed E-state index contributed by atoms with van der Waals surface area (Å²) in [6.07, 6.45) is 0. The molecule has 0 aliphatic rings. The molecule has 0 fully saturated rings. The highest BCUT2D eigenvalue weighted by Crippen LogP contribution is 2.41. The highest BCUT2D eigenvalue weighted by Gasteiger charge is 2.21. The fourth-order valence-electron chi connectivity index (χ4n) is 2.02. The van der Waals surface area contributed by atoms with Gasteiger partial charge in [0.2, 0.25) is 0 Å². The number of aromatic nitrogens is 1. The molecule has 2 heterocycles. The zero-order valence-electron chi connectivity index (χ0n) is 11.1. The Balaban J connectivity index is 2.11. The van der Waals surface area contributed by atoms with Crippen molar-refractivity contribution in [2.24, 2.45) is 0 Å². The van der Waals surface area contributed by atoms with Crippen LogP contribution in [-0.4, -0.2) is 10.1 Å². The lowest BCUT2D eigenvalue weighted by Crippen LogP contribution is -1.88. The van der Waals surface area contributed by atoms with Gasteiger partial charge in [-0.2, -0.15) is 0 Å². The molecule has 0 radical (unpaired) electrons. The third kappa shape index (κ3) is 2.38. The molecule has 21 heavy (non-hydrogen) atoms. The second-order valence-electron chi connectivity index (χ2n) is 4.53. The van der Waals surface area contributed by atoms with Gasteiger partial charge in [0.05, 0.1) is 15.4 Å². The van der Waals surface area contributed by atoms with E-state index in [1.54, 1.807) is 6.07 Å². The molecule has 7 heteroatoms. The van der Waals surface area contributed by atoms with Crippen molar-refractivity contribution in [2.75, 3.05) is 5.73 Å². The van der Waals surface area contributed by atoms with E-state index in [1.807, 2.05) is 31.2 Å². The second-order valence-corrected chi connectivity index (χ2v) is 5.60. The topological polar surface area (TPSA) is 95.2 Å². The normalized spacial score (nSPS) is 10.7. The van der Waals surface area contributed by atoms with E-state index in [1.165, 1.54) is 6.07 Å². The number of anilines is 1. The molecular formula is C14H11N3O3S. The third-order valence-corrected chi connectivity index (χ3v) is 4.09. The van der Waals surface area contributed by atoms with Crippen molar-refractivity contribution in [3.8, 4) is 21.8 Å². The summed E-state index contributed by atoms with van der Waals surface area (Å²) < 4.78 is 5.27. The monoisotopic (exact) mass is 301 g/mol. The zero-order chi connectivity index (χ0) is 15.0. The van der Waals surface area contributed by atoms with Gasteiger partial charge in [-0.25, -0.2) is 0 Å². The first-order chi connectivity index (χ1) is 10.1. The lowest BCUT2D eigenvalue weighted by molar-refractivity contribution is -0.380. The van der Waals surface area contributed by atoms with Crippen LogP contribution >= 0.6 is 11.3 Å². The molecule has 0 unspecified atom stereocenters. The Labute approximate surface area is 124 Å². The Hall–Kier alpha value is -2.67. The van der Waals surface area contributed by atoms with Gasteiger partial charge in [-0.15, -0.1) is 0 Å². The Morgan fingerprint density at radius 3 is 2.57 bits per heavy atom. The molecule has 6 nitrogen and oxygen atoms in total. The average Bonchev–Trinajstić information content (AvgIpc) is 3.06. The summed E-state index contributed by atoms with van der Waals surface area (Å²) in [5.41, 5.74) is 8.53. The quantitative estimate of drug-likeness (QED) is 0.585. The first-order valence-electron chi connectivity index (χ1n) is 6.13. The molecule has 0 atom stereocenters. The maximum atomic E-state index is 10.8. The van der Waals surface area contributed by atoms with E-state index in [2.05, 4.69) is 5.16 Å². The number of aryl methyl sites for hydroxylation is 1. The van der Waals surface area contributed by atoms with Crippen LogP contribution in [-0.2, 0) is 0 Å². The number of benzene rings is 1. The van der Waals surface area contributed by atoms with E-state index in [0.717, 1.165) is 22.5 Å². The molecule has 0 aliphatic carbocycles. The van der Waals surface area contributed by atoms with E-state index in [4.69, 9.17) is 10.3 Å². The maximum Gasteiger partial charge on any atom is 0.324 e. The number of nitrogens with two attached hydrogens (primary N) is 1. The standard InChI is InChI=1S/C14H11N3O3S/c1-8-2-4-9(5-3-8)12-13(20-16-14(12)15)10-6-7-11(21-10)17(18)19/h2-7H,1H3,(H2,15,16). The Bertz CT molecular complexity index is 805. The van der Waals surface area contributed by atoms with E-state index in [0.29, 0.717) is 16.2 Å². The molecule has 2 N–H and O–H groups in total. The van der Waals surface area contributed by atoms with Crippen LogP contribution in [0.2, 0.25) is 0 Å². The summed E-state index contributed by atoms with van der Waals surface area (Å²) >= 11 is 1.03. The predicted octanol–water partition coefficient (Wildman–Crippen LogP) is 3.87. The largest absolute Gasteiger partial charge is 0.380 e. The van der Waals surface area contributed by atoms with Crippen LogP contribution in [0, 0.1) is 17.0 Å². The van der Waals surface area contributed by atoms with Crippen LogP contribution in [0.5, 0.6) is 0 Å². The first kappa shape index (κ1) is 13.3. The van der Waals surface area contributed by atoms with Crippen molar-refractivity contribution in [1.82, 2.24) is 5.16 Å². The van der Waals surface area contributed by atoms with Gasteiger partial charge in [0, 0.05) is 6.07 Å². The summed E-state index contributed by atoms with van der Waals surface area (Å²) in [4.78, 5) is 11.0. The lowest BCUT2D eigenvalue weighted by atomic mass is 10.0. The van der Waals surface area contributed by atoms with Gasteiger partial charge in [0.1, 0.15) is 0 Å². The smallest absolute Gasteiger partial charge is 0.324 e. The number of nitro groups is 1. The molecule has 0 saturated heterocycles. The van der Waals surface area contributed by atoms with Gasteiger partial charge in [-0.3, -0.25) is 10.1 Å². The number of nitrogens with zero attached hydrogens (tertiary/aromatic N) is 2.